The van der Waals surface area contributed by atoms with Crippen LogP contribution in [0.25, 0.3) is 0 Å². The van der Waals surface area contributed by atoms with Crippen LogP contribution in [0.4, 0.5) is 0 Å². The molecule has 2 aliphatic rings. The monoisotopic (exact) mass is 504 g/mol. The van der Waals surface area contributed by atoms with Gasteiger partial charge in [-0.3, -0.25) is 10.1 Å². The Morgan fingerprint density at radius 3 is 2.36 bits per heavy atom. The van der Waals surface area contributed by atoms with E-state index in [9.17, 15) is 4.79 Å². The minimum absolute atomic E-state index is 0.00817. The molecule has 6 heteroatoms. The number of aryl methyl sites for hydroxylation is 1. The average molecular weight is 505 g/mol. The lowest BCUT2D eigenvalue weighted by molar-refractivity contribution is -0.129. The third-order valence-corrected chi connectivity index (χ3v) is 7.38. The molecule has 2 saturated heterocycles. The van der Waals surface area contributed by atoms with Crippen molar-refractivity contribution in [1.82, 2.24) is 21.5 Å². The van der Waals surface area contributed by atoms with Gasteiger partial charge in [-0.25, -0.2) is 10.9 Å². The number of benzene rings is 3. The molecule has 5 atom stereocenters. The van der Waals surface area contributed by atoms with Crippen molar-refractivity contribution in [3.8, 4) is 0 Å². The summed E-state index contributed by atoms with van der Waals surface area (Å²) in [7, 11) is 0. The van der Waals surface area contributed by atoms with E-state index < -0.39 is 0 Å². The molecule has 3 aromatic rings. The second kappa shape index (κ2) is 9.77. The summed E-state index contributed by atoms with van der Waals surface area (Å²) in [5, 5.41) is 6.97. The normalized spacial score (nSPS) is 26.5. The summed E-state index contributed by atoms with van der Waals surface area (Å²) in [6, 6.07) is 27.2. The first-order valence-electron chi connectivity index (χ1n) is 11.5. The Morgan fingerprint density at radius 2 is 1.64 bits per heavy atom. The zero-order chi connectivity index (χ0) is 22.8. The van der Waals surface area contributed by atoms with Crippen molar-refractivity contribution in [3.05, 3.63) is 106 Å². The van der Waals surface area contributed by atoms with Crippen molar-refractivity contribution in [2.75, 3.05) is 0 Å². The molecule has 170 valence electrons. The van der Waals surface area contributed by atoms with Crippen LogP contribution >= 0.6 is 15.9 Å². The molecule has 0 aliphatic carbocycles. The predicted octanol–water partition coefficient (Wildman–Crippen LogP) is 4.52. The maximum atomic E-state index is 13.6. The molecular formula is C27H29BrN4O. The van der Waals surface area contributed by atoms with Crippen LogP contribution in [0.15, 0.2) is 83.3 Å². The van der Waals surface area contributed by atoms with E-state index in [1.54, 1.807) is 0 Å². The smallest absolute Gasteiger partial charge is 0.223 e. The van der Waals surface area contributed by atoms with Gasteiger partial charge < -0.3 is 5.32 Å². The maximum absolute atomic E-state index is 13.6. The number of carbonyl (C=O) groups is 1. The Balaban J connectivity index is 1.41. The second-order valence-electron chi connectivity index (χ2n) is 9.05. The van der Waals surface area contributed by atoms with Gasteiger partial charge in [0.1, 0.15) is 0 Å². The van der Waals surface area contributed by atoms with Gasteiger partial charge in [-0.2, -0.15) is 0 Å². The molecule has 4 N–H and O–H groups in total. The summed E-state index contributed by atoms with van der Waals surface area (Å²) in [5.41, 5.74) is 11.6. The molecule has 3 aromatic carbocycles. The van der Waals surface area contributed by atoms with Gasteiger partial charge in [0.2, 0.25) is 5.91 Å². The number of hydrogen-bond donors (Lipinski definition) is 4. The third-order valence-electron chi connectivity index (χ3n) is 6.85. The molecule has 0 aromatic heterocycles. The van der Waals surface area contributed by atoms with Gasteiger partial charge >= 0.3 is 0 Å². The molecule has 2 fully saturated rings. The van der Waals surface area contributed by atoms with Crippen molar-refractivity contribution in [1.29, 1.82) is 0 Å². The van der Waals surface area contributed by atoms with E-state index in [4.69, 9.17) is 0 Å². The SMILES string of the molecule is Cc1ccc(C2CC(C(=O)NCc3ccccc3)C3C(NNC3c3ccc(Br)cc3)N2)cc1. The maximum Gasteiger partial charge on any atom is 0.223 e. The molecule has 5 rings (SSSR count). The average Bonchev–Trinajstić information content (AvgIpc) is 3.27. The van der Waals surface area contributed by atoms with Gasteiger partial charge in [-0.05, 0) is 42.2 Å². The summed E-state index contributed by atoms with van der Waals surface area (Å²) in [5.74, 6) is 0.0612. The van der Waals surface area contributed by atoms with Gasteiger partial charge in [0.15, 0.2) is 0 Å². The molecule has 0 spiro atoms. The van der Waals surface area contributed by atoms with Gasteiger partial charge in [0.25, 0.3) is 0 Å². The van der Waals surface area contributed by atoms with Crippen molar-refractivity contribution in [2.45, 2.75) is 38.1 Å². The van der Waals surface area contributed by atoms with Gasteiger partial charge in [-0.15, -0.1) is 0 Å². The summed E-state index contributed by atoms with van der Waals surface area (Å²) >= 11 is 3.53. The molecule has 0 radical (unpaired) electrons. The Kier molecular flexibility index (Phi) is 6.60. The van der Waals surface area contributed by atoms with Gasteiger partial charge in [0, 0.05) is 28.9 Å². The van der Waals surface area contributed by atoms with Crippen LogP contribution in [0.2, 0.25) is 0 Å². The third kappa shape index (κ3) is 4.89. The van der Waals surface area contributed by atoms with Crippen LogP contribution in [0.5, 0.6) is 0 Å². The van der Waals surface area contributed by atoms with E-state index in [0.717, 1.165) is 16.5 Å². The number of hydrogen-bond acceptors (Lipinski definition) is 4. The highest BCUT2D eigenvalue weighted by Crippen LogP contribution is 2.42. The number of rotatable bonds is 5. The van der Waals surface area contributed by atoms with E-state index in [-0.39, 0.29) is 36.0 Å². The Morgan fingerprint density at radius 1 is 0.939 bits per heavy atom. The zero-order valence-electron chi connectivity index (χ0n) is 18.6. The second-order valence-corrected chi connectivity index (χ2v) is 9.96. The number of fused-ring (bicyclic) bond motifs is 1. The minimum atomic E-state index is -0.137. The first-order chi connectivity index (χ1) is 16.1. The molecule has 33 heavy (non-hydrogen) atoms. The van der Waals surface area contributed by atoms with Crippen LogP contribution in [-0.2, 0) is 11.3 Å². The molecule has 2 aliphatic heterocycles. The van der Waals surface area contributed by atoms with Crippen molar-refractivity contribution in [2.24, 2.45) is 11.8 Å². The fraction of sp³-hybridized carbons (Fsp3) is 0.296. The highest BCUT2D eigenvalue weighted by molar-refractivity contribution is 9.10. The Labute approximate surface area is 203 Å². The zero-order valence-corrected chi connectivity index (χ0v) is 20.2. The van der Waals surface area contributed by atoms with E-state index in [1.165, 1.54) is 16.7 Å². The number of halogens is 1. The number of hydrazine groups is 1. The predicted molar refractivity (Wildman–Crippen MR) is 134 cm³/mol. The van der Waals surface area contributed by atoms with E-state index >= 15 is 0 Å². The van der Waals surface area contributed by atoms with E-state index in [1.807, 2.05) is 30.3 Å². The highest BCUT2D eigenvalue weighted by atomic mass is 79.9. The van der Waals surface area contributed by atoms with Gasteiger partial charge in [-0.1, -0.05) is 88.2 Å². The van der Waals surface area contributed by atoms with Crippen LogP contribution in [-0.4, -0.2) is 12.1 Å². The summed E-state index contributed by atoms with van der Waals surface area (Å²) in [4.78, 5) is 13.6. The largest absolute Gasteiger partial charge is 0.352 e. The van der Waals surface area contributed by atoms with Crippen LogP contribution in [0.3, 0.4) is 0 Å². The number of carbonyl (C=O) groups excluding carboxylic acids is 1. The molecule has 0 saturated carbocycles. The van der Waals surface area contributed by atoms with E-state index in [0.29, 0.717) is 6.54 Å². The first kappa shape index (κ1) is 22.3. The van der Waals surface area contributed by atoms with Crippen molar-refractivity contribution < 1.29 is 4.79 Å². The molecule has 0 bridgehead atoms. The lowest BCUT2D eigenvalue weighted by atomic mass is 9.74. The Hall–Kier alpha value is -2.51. The summed E-state index contributed by atoms with van der Waals surface area (Å²) in [6.45, 7) is 2.64. The summed E-state index contributed by atoms with van der Waals surface area (Å²) < 4.78 is 1.05. The lowest BCUT2D eigenvalue weighted by Gasteiger charge is -2.40. The van der Waals surface area contributed by atoms with Crippen LogP contribution in [0, 0.1) is 18.8 Å². The fourth-order valence-corrected chi connectivity index (χ4v) is 5.35. The molecule has 1 amide bonds. The van der Waals surface area contributed by atoms with E-state index in [2.05, 4.69) is 92.9 Å². The fourth-order valence-electron chi connectivity index (χ4n) is 5.08. The number of amides is 1. The highest BCUT2D eigenvalue weighted by Gasteiger charge is 2.49. The van der Waals surface area contributed by atoms with Crippen LogP contribution < -0.4 is 21.5 Å². The molecular weight excluding hydrogens is 476 g/mol. The summed E-state index contributed by atoms with van der Waals surface area (Å²) in [6.07, 6.45) is 0.743. The topological polar surface area (TPSA) is 65.2 Å². The quantitative estimate of drug-likeness (QED) is 0.412. The molecule has 2 heterocycles. The molecule has 5 nitrogen and oxygen atoms in total. The van der Waals surface area contributed by atoms with Crippen molar-refractivity contribution in [3.63, 3.8) is 0 Å². The number of piperidine rings is 1. The van der Waals surface area contributed by atoms with Crippen molar-refractivity contribution >= 4 is 21.8 Å². The minimum Gasteiger partial charge on any atom is -0.352 e. The lowest BCUT2D eigenvalue weighted by Crippen LogP contribution is -2.54. The number of nitrogens with one attached hydrogen (secondary N) is 4. The molecule has 5 unspecified atom stereocenters. The standard InChI is InChI=1S/C27H29BrN4O/c1-17-7-9-19(10-8-17)23-15-22(27(33)29-16-18-5-3-2-4-6-18)24-25(31-32-26(24)30-23)20-11-13-21(28)14-12-20/h2-14,22-26,30-32H,15-16H2,1H3,(H,29,33). The first-order valence-corrected chi connectivity index (χ1v) is 12.3. The van der Waals surface area contributed by atoms with Crippen LogP contribution in [0.1, 0.15) is 40.8 Å². The van der Waals surface area contributed by atoms with Gasteiger partial charge in [0.05, 0.1) is 12.2 Å². The Bertz CT molecular complexity index is 1090.